The van der Waals surface area contributed by atoms with Gasteiger partial charge in [0, 0.05) is 58.1 Å². The van der Waals surface area contributed by atoms with Gasteiger partial charge in [0.25, 0.3) is 0 Å². The van der Waals surface area contributed by atoms with Crippen molar-refractivity contribution in [2.45, 2.75) is 90.3 Å². The van der Waals surface area contributed by atoms with E-state index in [1.807, 2.05) is 69.3 Å². The van der Waals surface area contributed by atoms with Crippen molar-refractivity contribution in [2.75, 3.05) is 7.11 Å². The van der Waals surface area contributed by atoms with Crippen LogP contribution in [0.4, 0.5) is 0 Å². The van der Waals surface area contributed by atoms with Gasteiger partial charge in [-0.15, -0.1) is 0 Å². The van der Waals surface area contributed by atoms with E-state index in [9.17, 15) is 14.4 Å². The van der Waals surface area contributed by atoms with Gasteiger partial charge >= 0.3 is 13.1 Å². The van der Waals surface area contributed by atoms with Crippen LogP contribution in [-0.4, -0.2) is 51.7 Å². The van der Waals surface area contributed by atoms with E-state index in [1.165, 1.54) is 7.11 Å². The van der Waals surface area contributed by atoms with E-state index in [0.29, 0.717) is 40.9 Å². The fourth-order valence-corrected chi connectivity index (χ4v) is 8.83. The maximum Gasteiger partial charge on any atom is 0.495 e. The Morgan fingerprint density at radius 3 is 2.43 bits per heavy atom. The highest BCUT2D eigenvalue weighted by molar-refractivity contribution is 6.62. The highest BCUT2D eigenvalue weighted by atomic mass is 16.7. The second-order valence-electron chi connectivity index (χ2n) is 14.4. The number of carbonyl (C=O) groups excluding carboxylic acids is 3. The van der Waals surface area contributed by atoms with Gasteiger partial charge in [0.2, 0.25) is 0 Å². The molecule has 10 nitrogen and oxygen atoms in total. The molecular weight excluding hydrogens is 643 g/mol. The monoisotopic (exact) mass is 684 g/mol. The van der Waals surface area contributed by atoms with Crippen molar-refractivity contribution < 1.29 is 28.4 Å². The number of carbonyl (C=O) groups is 3. The number of hydrogen-bond donors (Lipinski definition) is 2. The lowest BCUT2D eigenvalue weighted by Gasteiger charge is -2.35. The van der Waals surface area contributed by atoms with E-state index in [4.69, 9.17) is 24.0 Å². The van der Waals surface area contributed by atoms with Crippen LogP contribution in [0, 0.1) is 13.8 Å². The first kappa shape index (κ1) is 33.3. The normalized spacial score (nSPS) is 23.5. The van der Waals surface area contributed by atoms with Crippen LogP contribution in [0.3, 0.4) is 0 Å². The number of methoxy groups -OCH3 is 1. The van der Waals surface area contributed by atoms with E-state index in [-0.39, 0.29) is 42.2 Å². The van der Waals surface area contributed by atoms with Crippen LogP contribution in [0.15, 0.2) is 48.5 Å². The molecule has 0 saturated carbocycles. The van der Waals surface area contributed by atoms with Gasteiger partial charge in [0.05, 0.1) is 35.2 Å². The Bertz CT molecular complexity index is 2330. The lowest BCUT2D eigenvalue weighted by Crippen LogP contribution is -2.40. The zero-order chi connectivity index (χ0) is 36.0. The Balaban J connectivity index is 1.47. The Hall–Kier alpha value is -4.87. The number of aromatic amines is 2. The van der Waals surface area contributed by atoms with Crippen LogP contribution >= 0.6 is 0 Å². The Morgan fingerprint density at radius 1 is 1.00 bits per heavy atom. The number of fused-ring (bicyclic) bond motifs is 11. The van der Waals surface area contributed by atoms with Crippen molar-refractivity contribution >= 4 is 52.2 Å². The molecule has 0 amide bonds. The molecule has 4 aromatic rings. The maximum atomic E-state index is 13.8. The molecule has 51 heavy (non-hydrogen) atoms. The van der Waals surface area contributed by atoms with Crippen molar-refractivity contribution in [3.8, 4) is 0 Å². The SMILES string of the molecule is CCC12OB(c3ccccc3)OC1(C)c1cc3[nH]c(cc4nc(c5c6[nH]c(cc2n1)c(C)c6C(=O)C5)[C@@H](CCC(=O)OC)[C@@H]4C)c(C)c3C(C)=O. The van der Waals surface area contributed by atoms with E-state index < -0.39 is 18.3 Å². The van der Waals surface area contributed by atoms with Gasteiger partial charge in [-0.05, 0) is 75.3 Å². The molecule has 6 heterocycles. The van der Waals surface area contributed by atoms with Crippen LogP contribution in [-0.2, 0) is 36.5 Å². The van der Waals surface area contributed by atoms with Crippen molar-refractivity contribution in [1.82, 2.24) is 19.9 Å². The fraction of sp³-hybridized carbons (Fsp3) is 0.375. The summed E-state index contributed by atoms with van der Waals surface area (Å²) >= 11 is 0. The number of H-pyrrole nitrogens is 2. The second-order valence-corrected chi connectivity index (χ2v) is 14.4. The number of nitrogens with zero attached hydrogens (tertiary/aromatic N) is 2. The molecule has 1 saturated heterocycles. The van der Waals surface area contributed by atoms with Crippen LogP contribution in [0.5, 0.6) is 0 Å². The summed E-state index contributed by atoms with van der Waals surface area (Å²) in [6.07, 6.45) is 1.51. The predicted octanol–water partition coefficient (Wildman–Crippen LogP) is 6.68. The topological polar surface area (TPSA) is 136 Å². The van der Waals surface area contributed by atoms with Crippen molar-refractivity contribution in [3.63, 3.8) is 0 Å². The number of rotatable bonds is 6. The van der Waals surface area contributed by atoms with Gasteiger partial charge in [0.1, 0.15) is 11.2 Å². The summed E-state index contributed by atoms with van der Waals surface area (Å²) < 4.78 is 18.8. The summed E-state index contributed by atoms with van der Waals surface area (Å²) in [4.78, 5) is 57.0. The first-order valence-electron chi connectivity index (χ1n) is 17.7. The van der Waals surface area contributed by atoms with Crippen molar-refractivity contribution in [1.29, 1.82) is 0 Å². The summed E-state index contributed by atoms with van der Waals surface area (Å²) in [6.45, 7) is 11.6. The number of Topliss-reactive ketones (excluding diaryl/α,β-unsaturated/α-hetero) is 2. The summed E-state index contributed by atoms with van der Waals surface area (Å²) in [5.41, 5.74) is 8.41. The number of benzene rings is 1. The standard InChI is InChI=1S/C40H41BN4O6/c1-8-40-33-18-29-22(4)36-31(47)16-26(38(36)44-29)37-25(14-15-34(48)49-7)20(2)27(43-37)17-28-21(3)35(23(5)46)30(42-28)19-32(45-33)39(40,6)50-41(51-40)24-12-10-9-11-13-24/h9-13,17-20,25,42,44H,8,14-16H2,1-7H3/t20-,25-,39?,40?/m0/s1. The quantitative estimate of drug-likeness (QED) is 0.131. The number of aromatic nitrogens is 4. The highest BCUT2D eigenvalue weighted by Crippen LogP contribution is 2.56. The molecule has 8 bridgehead atoms. The van der Waals surface area contributed by atoms with Crippen LogP contribution < -0.4 is 5.46 Å². The molecule has 11 heteroatoms. The summed E-state index contributed by atoms with van der Waals surface area (Å²) in [6, 6.07) is 15.8. The summed E-state index contributed by atoms with van der Waals surface area (Å²) in [5, 5.41) is 0. The fourth-order valence-electron chi connectivity index (χ4n) is 8.83. The number of ketones is 2. The van der Waals surface area contributed by atoms with Gasteiger partial charge in [-0.2, -0.15) is 0 Å². The molecule has 4 atom stereocenters. The lowest BCUT2D eigenvalue weighted by molar-refractivity contribution is -0.140. The van der Waals surface area contributed by atoms with Crippen molar-refractivity contribution in [3.05, 3.63) is 99.1 Å². The predicted molar refractivity (Wildman–Crippen MR) is 194 cm³/mol. The zero-order valence-electron chi connectivity index (χ0n) is 30.0. The largest absolute Gasteiger partial charge is 0.495 e. The van der Waals surface area contributed by atoms with Crippen molar-refractivity contribution in [2.24, 2.45) is 0 Å². The molecule has 2 unspecified atom stereocenters. The molecule has 1 aromatic carbocycles. The minimum atomic E-state index is -1.02. The molecule has 0 radical (unpaired) electrons. The van der Waals surface area contributed by atoms with Crippen LogP contribution in [0.25, 0.3) is 22.1 Å². The van der Waals surface area contributed by atoms with E-state index in [0.717, 1.165) is 50.1 Å². The lowest BCUT2D eigenvalue weighted by atomic mass is 9.79. The average Bonchev–Trinajstić information content (AvgIpc) is 3.90. The number of hydrogen-bond acceptors (Lipinski definition) is 8. The second kappa shape index (κ2) is 11.9. The van der Waals surface area contributed by atoms with Gasteiger partial charge in [-0.1, -0.05) is 44.2 Å². The first-order chi connectivity index (χ1) is 24.4. The maximum absolute atomic E-state index is 13.8. The molecule has 0 spiro atoms. The van der Waals surface area contributed by atoms with Crippen LogP contribution in [0.1, 0.15) is 119 Å². The summed E-state index contributed by atoms with van der Waals surface area (Å²) in [5.74, 6) is -0.528. The van der Waals surface area contributed by atoms with E-state index >= 15 is 0 Å². The molecule has 3 aliphatic heterocycles. The number of esters is 1. The molecule has 3 aromatic heterocycles. The third-order valence-corrected chi connectivity index (χ3v) is 11.7. The van der Waals surface area contributed by atoms with Gasteiger partial charge in [-0.25, -0.2) is 0 Å². The smallest absolute Gasteiger partial charge is 0.469 e. The molecule has 260 valence electrons. The molecule has 8 rings (SSSR count). The highest BCUT2D eigenvalue weighted by Gasteiger charge is 2.65. The Morgan fingerprint density at radius 2 is 1.73 bits per heavy atom. The average molecular weight is 685 g/mol. The summed E-state index contributed by atoms with van der Waals surface area (Å²) in [7, 11) is 0.736. The number of ether oxygens (including phenoxy) is 1. The third-order valence-electron chi connectivity index (χ3n) is 11.7. The minimum Gasteiger partial charge on any atom is -0.469 e. The minimum absolute atomic E-state index is 0.0264. The van der Waals surface area contributed by atoms with Gasteiger partial charge < -0.3 is 24.0 Å². The van der Waals surface area contributed by atoms with Gasteiger partial charge in [-0.3, -0.25) is 24.4 Å². The Kier molecular flexibility index (Phi) is 7.73. The zero-order valence-corrected chi connectivity index (χ0v) is 30.0. The van der Waals surface area contributed by atoms with E-state index in [2.05, 4.69) is 23.8 Å². The molecule has 1 aliphatic carbocycles. The van der Waals surface area contributed by atoms with Gasteiger partial charge in [0.15, 0.2) is 11.6 Å². The molecule has 2 N–H and O–H groups in total. The first-order valence-corrected chi connectivity index (χ1v) is 17.7. The number of nitrogens with one attached hydrogen (secondary N) is 2. The molecular formula is C40H41BN4O6. The van der Waals surface area contributed by atoms with E-state index in [1.54, 1.807) is 6.92 Å². The number of aryl methyl sites for hydroxylation is 2. The molecule has 4 aliphatic rings. The van der Waals surface area contributed by atoms with Crippen LogP contribution in [0.2, 0.25) is 0 Å². The third kappa shape index (κ3) is 4.81. The molecule has 1 fully saturated rings. The Labute approximate surface area is 296 Å².